The summed E-state index contributed by atoms with van der Waals surface area (Å²) in [6, 6.07) is 16.7. The number of anilines is 1. The Bertz CT molecular complexity index is 862. The van der Waals surface area contributed by atoms with Crippen LogP contribution in [0.25, 0.3) is 0 Å². The molecule has 0 unspecified atom stereocenters. The van der Waals surface area contributed by atoms with E-state index in [1.54, 1.807) is 4.90 Å². The predicted molar refractivity (Wildman–Crippen MR) is 85.7 cm³/mol. The molecule has 1 heterocycles. The van der Waals surface area contributed by atoms with Crippen molar-refractivity contribution in [3.8, 4) is 12.3 Å². The van der Waals surface area contributed by atoms with Gasteiger partial charge >= 0.3 is 0 Å². The van der Waals surface area contributed by atoms with Crippen LogP contribution in [0, 0.1) is 18.3 Å². The molecule has 2 aromatic carbocycles. The number of benzene rings is 2. The topological polar surface area (TPSA) is 20.3 Å². The van der Waals surface area contributed by atoms with Gasteiger partial charge in [-0.05, 0) is 35.1 Å². The van der Waals surface area contributed by atoms with Crippen LogP contribution >= 0.6 is 0 Å². The Morgan fingerprint density at radius 1 is 1.18 bits per heavy atom. The molecular weight excluding hydrogens is 270 g/mol. The Morgan fingerprint density at radius 2 is 1.95 bits per heavy atom. The Morgan fingerprint density at radius 3 is 2.82 bits per heavy atom. The lowest BCUT2D eigenvalue weighted by Gasteiger charge is -2.17. The Labute approximate surface area is 129 Å². The van der Waals surface area contributed by atoms with Crippen LogP contribution < -0.4 is 4.90 Å². The van der Waals surface area contributed by atoms with Gasteiger partial charge in [0.2, 0.25) is 5.91 Å². The van der Waals surface area contributed by atoms with E-state index in [-0.39, 0.29) is 11.3 Å². The number of rotatable bonds is 1. The first-order valence-electron chi connectivity index (χ1n) is 7.73. The molecule has 2 nitrogen and oxygen atoms in total. The van der Waals surface area contributed by atoms with Crippen molar-refractivity contribution in [3.05, 3.63) is 65.2 Å². The fourth-order valence-electron chi connectivity index (χ4n) is 4.87. The van der Waals surface area contributed by atoms with Gasteiger partial charge in [0.25, 0.3) is 0 Å². The maximum absolute atomic E-state index is 13.2. The highest BCUT2D eigenvalue weighted by Crippen LogP contribution is 2.74. The van der Waals surface area contributed by atoms with Crippen LogP contribution in [0.2, 0.25) is 0 Å². The van der Waals surface area contributed by atoms with Crippen molar-refractivity contribution in [1.82, 2.24) is 0 Å². The van der Waals surface area contributed by atoms with Gasteiger partial charge in [-0.15, -0.1) is 6.42 Å². The molecule has 0 aromatic heterocycles. The summed E-state index contributed by atoms with van der Waals surface area (Å²) in [5.74, 6) is 3.58. The highest BCUT2D eigenvalue weighted by atomic mass is 16.2. The smallest absolute Gasteiger partial charge is 0.239 e. The number of carbonyl (C=O) groups is 1. The van der Waals surface area contributed by atoms with Gasteiger partial charge in [-0.2, -0.15) is 0 Å². The summed E-state index contributed by atoms with van der Waals surface area (Å²) < 4.78 is 0. The third-order valence-electron chi connectivity index (χ3n) is 5.69. The van der Waals surface area contributed by atoms with Crippen molar-refractivity contribution in [2.24, 2.45) is 5.92 Å². The molecule has 22 heavy (non-hydrogen) atoms. The van der Waals surface area contributed by atoms with E-state index in [0.717, 1.165) is 12.1 Å². The Kier molecular flexibility index (Phi) is 2.09. The average Bonchev–Trinajstić information content (AvgIpc) is 2.93. The summed E-state index contributed by atoms with van der Waals surface area (Å²) in [6.07, 6.45) is 6.49. The van der Waals surface area contributed by atoms with Crippen molar-refractivity contribution >= 4 is 11.6 Å². The van der Waals surface area contributed by atoms with Crippen molar-refractivity contribution in [2.75, 3.05) is 11.4 Å². The zero-order chi connectivity index (χ0) is 14.9. The first-order valence-corrected chi connectivity index (χ1v) is 7.73. The first kappa shape index (κ1) is 12.1. The molecule has 106 valence electrons. The standard InChI is InChI=1S/C20H15NO/c1-2-11-21-17-10-6-5-9-15(17)20(19(21)22)16-12-13-7-3-4-8-14(13)18(16)20/h1,3-10,16,18H,11-12H2/t16-,18+,20+/m0/s1. The zero-order valence-electron chi connectivity index (χ0n) is 12.1. The van der Waals surface area contributed by atoms with E-state index in [0.29, 0.717) is 18.4 Å². The fraction of sp³-hybridized carbons (Fsp3) is 0.250. The molecule has 2 aromatic rings. The van der Waals surface area contributed by atoms with Crippen LogP contribution in [-0.2, 0) is 16.6 Å². The van der Waals surface area contributed by atoms with E-state index >= 15 is 0 Å². The fourth-order valence-corrected chi connectivity index (χ4v) is 4.87. The molecule has 1 fully saturated rings. The number of hydrogen-bond acceptors (Lipinski definition) is 1. The minimum Gasteiger partial charge on any atom is -0.300 e. The largest absolute Gasteiger partial charge is 0.300 e. The maximum atomic E-state index is 13.2. The molecule has 0 radical (unpaired) electrons. The lowest BCUT2D eigenvalue weighted by molar-refractivity contribution is -0.120. The van der Waals surface area contributed by atoms with Crippen LogP contribution in [0.5, 0.6) is 0 Å². The SMILES string of the molecule is C#CCN1C(=O)[C@@]2(c3ccccc31)[C@@H]1c3ccccc3C[C@@H]12. The number of para-hydroxylation sites is 1. The first-order chi connectivity index (χ1) is 10.8. The van der Waals surface area contributed by atoms with Crippen molar-refractivity contribution in [3.63, 3.8) is 0 Å². The van der Waals surface area contributed by atoms with E-state index < -0.39 is 0 Å². The summed E-state index contributed by atoms with van der Waals surface area (Å²) in [5.41, 5.74) is 4.61. The number of fused-ring (bicyclic) bond motifs is 7. The van der Waals surface area contributed by atoms with Crippen LogP contribution in [0.4, 0.5) is 5.69 Å². The molecule has 1 spiro atoms. The molecule has 0 saturated heterocycles. The third-order valence-corrected chi connectivity index (χ3v) is 5.69. The van der Waals surface area contributed by atoms with Crippen molar-refractivity contribution < 1.29 is 4.79 Å². The predicted octanol–water partition coefficient (Wildman–Crippen LogP) is 2.87. The van der Waals surface area contributed by atoms with Crippen LogP contribution in [-0.4, -0.2) is 12.5 Å². The minimum absolute atomic E-state index is 0.205. The molecule has 3 aliphatic rings. The summed E-state index contributed by atoms with van der Waals surface area (Å²) in [5, 5.41) is 0. The molecule has 1 aliphatic heterocycles. The second kappa shape index (κ2) is 3.81. The lowest BCUT2D eigenvalue weighted by Crippen LogP contribution is -2.34. The van der Waals surface area contributed by atoms with Gasteiger partial charge in [0.05, 0.1) is 12.0 Å². The van der Waals surface area contributed by atoms with Gasteiger partial charge in [-0.25, -0.2) is 0 Å². The maximum Gasteiger partial charge on any atom is 0.239 e. The lowest BCUT2D eigenvalue weighted by atomic mass is 9.86. The zero-order valence-corrected chi connectivity index (χ0v) is 12.1. The summed E-state index contributed by atoms with van der Waals surface area (Å²) in [6.45, 7) is 0.360. The van der Waals surface area contributed by atoms with E-state index in [2.05, 4.69) is 36.3 Å². The summed E-state index contributed by atoms with van der Waals surface area (Å²) in [4.78, 5) is 15.0. The molecule has 0 bridgehead atoms. The van der Waals surface area contributed by atoms with Gasteiger partial charge in [0.1, 0.15) is 0 Å². The van der Waals surface area contributed by atoms with Crippen LogP contribution in [0.3, 0.4) is 0 Å². The normalized spacial score (nSPS) is 30.0. The summed E-state index contributed by atoms with van der Waals surface area (Å²) >= 11 is 0. The molecule has 1 saturated carbocycles. The number of carbonyl (C=O) groups excluding carboxylic acids is 1. The van der Waals surface area contributed by atoms with Crippen LogP contribution in [0.1, 0.15) is 22.6 Å². The van der Waals surface area contributed by atoms with Gasteiger partial charge in [0.15, 0.2) is 0 Å². The molecule has 0 N–H and O–H groups in total. The molecule has 2 heteroatoms. The van der Waals surface area contributed by atoms with Crippen molar-refractivity contribution in [2.45, 2.75) is 17.8 Å². The Balaban J connectivity index is 1.70. The van der Waals surface area contributed by atoms with E-state index in [4.69, 9.17) is 6.42 Å². The van der Waals surface area contributed by atoms with Crippen molar-refractivity contribution in [1.29, 1.82) is 0 Å². The molecular formula is C20H15NO. The quantitative estimate of drug-likeness (QED) is 0.738. The van der Waals surface area contributed by atoms with Crippen LogP contribution in [0.15, 0.2) is 48.5 Å². The molecule has 5 rings (SSSR count). The number of amides is 1. The highest BCUT2D eigenvalue weighted by molar-refractivity contribution is 6.12. The molecule has 3 atom stereocenters. The second-order valence-electron chi connectivity index (χ2n) is 6.47. The third kappa shape index (κ3) is 1.14. The Hall–Kier alpha value is -2.53. The van der Waals surface area contributed by atoms with Gasteiger partial charge in [-0.1, -0.05) is 48.4 Å². The van der Waals surface area contributed by atoms with E-state index in [9.17, 15) is 4.79 Å². The highest BCUT2D eigenvalue weighted by Gasteiger charge is 2.76. The monoisotopic (exact) mass is 285 g/mol. The van der Waals surface area contributed by atoms with E-state index in [1.807, 2.05) is 18.2 Å². The number of terminal acetylenes is 1. The molecule has 2 aliphatic carbocycles. The molecule has 1 amide bonds. The minimum atomic E-state index is -0.345. The van der Waals surface area contributed by atoms with Gasteiger partial charge in [0, 0.05) is 11.6 Å². The summed E-state index contributed by atoms with van der Waals surface area (Å²) in [7, 11) is 0. The number of nitrogens with zero attached hydrogens (tertiary/aromatic N) is 1. The second-order valence-corrected chi connectivity index (χ2v) is 6.47. The van der Waals surface area contributed by atoms with E-state index in [1.165, 1.54) is 16.7 Å². The van der Waals surface area contributed by atoms with Gasteiger partial charge in [-0.3, -0.25) is 9.69 Å². The average molecular weight is 285 g/mol. The van der Waals surface area contributed by atoms with Gasteiger partial charge < -0.3 is 0 Å². The number of hydrogen-bond donors (Lipinski definition) is 0.